The number of amides is 1. The van der Waals surface area contributed by atoms with Crippen LogP contribution in [0.5, 0.6) is 0 Å². The van der Waals surface area contributed by atoms with Gasteiger partial charge in [-0.1, -0.05) is 18.2 Å². The zero-order valence-electron chi connectivity index (χ0n) is 16.5. The Balaban J connectivity index is 1.21. The number of carbonyl (C=O) groups is 1. The molecule has 2 saturated heterocycles. The van der Waals surface area contributed by atoms with E-state index in [0.717, 1.165) is 50.5 Å². The molecule has 1 aromatic carbocycles. The summed E-state index contributed by atoms with van der Waals surface area (Å²) in [6.45, 7) is 4.98. The van der Waals surface area contributed by atoms with Crippen molar-refractivity contribution in [2.75, 3.05) is 44.2 Å². The maximum atomic E-state index is 13.0. The predicted molar refractivity (Wildman–Crippen MR) is 114 cm³/mol. The molecule has 2 N–H and O–H groups in total. The van der Waals surface area contributed by atoms with Gasteiger partial charge in [0.2, 0.25) is 0 Å². The van der Waals surface area contributed by atoms with Crippen molar-refractivity contribution in [3.63, 3.8) is 0 Å². The van der Waals surface area contributed by atoms with Crippen molar-refractivity contribution in [3.05, 3.63) is 53.7 Å². The third-order valence-corrected chi connectivity index (χ3v) is 7.29. The maximum Gasteiger partial charge on any atom is 0.278 e. The number of aromatic nitrogens is 2. The highest BCUT2D eigenvalue weighted by Gasteiger charge is 2.36. The van der Waals surface area contributed by atoms with Crippen LogP contribution in [-0.2, 0) is 4.79 Å². The Kier molecular flexibility index (Phi) is 5.16. The summed E-state index contributed by atoms with van der Waals surface area (Å²) in [5.41, 5.74) is 1.08. The zero-order chi connectivity index (χ0) is 19.6. The van der Waals surface area contributed by atoms with E-state index in [-0.39, 0.29) is 5.91 Å². The average Bonchev–Trinajstić information content (AvgIpc) is 3.41. The lowest BCUT2D eigenvalue weighted by atomic mass is 10.2. The molecule has 0 bridgehead atoms. The number of quaternary nitrogens is 1. The number of nitrogens with one attached hydrogen (secondary N) is 2. The van der Waals surface area contributed by atoms with Gasteiger partial charge in [0.05, 0.1) is 36.0 Å². The molecule has 0 spiro atoms. The first-order valence-electron chi connectivity index (χ1n) is 10.5. The van der Waals surface area contributed by atoms with Crippen molar-refractivity contribution < 1.29 is 14.7 Å². The summed E-state index contributed by atoms with van der Waals surface area (Å²) in [5.74, 6) is 1.41. The van der Waals surface area contributed by atoms with Gasteiger partial charge in [-0.15, -0.1) is 11.3 Å². The standard InChI is InChI=1S/C22H25N5OS/c28-21(26-14-12-25(13-15-26)20-9-3-4-10-23-20)16-27-11-5-7-18(27)22-24-17-6-1-2-8-19(17)29-22/h1-4,6,8-10,18H,5,7,11-16H2/p+2/t18-/m1/s1. The van der Waals surface area contributed by atoms with Crippen LogP contribution >= 0.6 is 11.3 Å². The first-order chi connectivity index (χ1) is 14.3. The highest BCUT2D eigenvalue weighted by Crippen LogP contribution is 2.28. The van der Waals surface area contributed by atoms with Crippen molar-refractivity contribution in [1.82, 2.24) is 9.88 Å². The minimum Gasteiger partial charge on any atom is -0.330 e. The van der Waals surface area contributed by atoms with Crippen molar-refractivity contribution in [2.45, 2.75) is 18.9 Å². The number of likely N-dealkylation sites (tertiary alicyclic amines) is 1. The third-order valence-electron chi connectivity index (χ3n) is 6.14. The molecule has 29 heavy (non-hydrogen) atoms. The van der Waals surface area contributed by atoms with Crippen LogP contribution in [0, 0.1) is 0 Å². The molecule has 150 valence electrons. The smallest absolute Gasteiger partial charge is 0.278 e. The Morgan fingerprint density at radius 1 is 1.14 bits per heavy atom. The summed E-state index contributed by atoms with van der Waals surface area (Å²) < 4.78 is 1.24. The highest BCUT2D eigenvalue weighted by molar-refractivity contribution is 7.18. The van der Waals surface area contributed by atoms with Crippen LogP contribution in [-0.4, -0.2) is 55.1 Å². The Morgan fingerprint density at radius 2 is 1.97 bits per heavy atom. The predicted octanol–water partition coefficient (Wildman–Crippen LogP) is 1.18. The van der Waals surface area contributed by atoms with E-state index >= 15 is 0 Å². The maximum absolute atomic E-state index is 13.0. The molecular weight excluding hydrogens is 382 g/mol. The number of para-hydroxylation sites is 1. The van der Waals surface area contributed by atoms with Crippen LogP contribution in [0.2, 0.25) is 0 Å². The molecule has 0 saturated carbocycles. The largest absolute Gasteiger partial charge is 0.330 e. The SMILES string of the molecule is O=C(C[NH+]1CCC[C@@H]1c1nc2ccccc2s1)N1CCN(c2cccc[nH+]2)CC1. The second kappa shape index (κ2) is 8.08. The summed E-state index contributed by atoms with van der Waals surface area (Å²) in [6.07, 6.45) is 4.24. The number of aromatic amines is 1. The number of piperazine rings is 1. The minimum absolute atomic E-state index is 0.282. The van der Waals surface area contributed by atoms with E-state index in [0.29, 0.717) is 12.6 Å². The van der Waals surface area contributed by atoms with Crippen LogP contribution < -0.4 is 14.8 Å². The minimum atomic E-state index is 0.282. The topological polar surface area (TPSA) is 55.0 Å². The first kappa shape index (κ1) is 18.5. The Bertz CT molecular complexity index is 950. The molecule has 2 aliphatic heterocycles. The van der Waals surface area contributed by atoms with Crippen molar-refractivity contribution in [3.8, 4) is 0 Å². The molecule has 0 aliphatic carbocycles. The van der Waals surface area contributed by atoms with Crippen molar-refractivity contribution in [1.29, 1.82) is 0 Å². The summed E-state index contributed by atoms with van der Waals surface area (Å²) in [4.78, 5) is 26.9. The lowest BCUT2D eigenvalue weighted by Gasteiger charge is -2.31. The van der Waals surface area contributed by atoms with E-state index in [1.165, 1.54) is 21.0 Å². The number of hydrogen-bond acceptors (Lipinski definition) is 4. The Morgan fingerprint density at radius 3 is 2.76 bits per heavy atom. The van der Waals surface area contributed by atoms with Gasteiger partial charge in [-0.05, 0) is 18.2 Å². The van der Waals surface area contributed by atoms with Gasteiger partial charge in [0.15, 0.2) is 11.6 Å². The van der Waals surface area contributed by atoms with E-state index in [9.17, 15) is 4.79 Å². The highest BCUT2D eigenvalue weighted by atomic mass is 32.1. The van der Waals surface area contributed by atoms with Crippen LogP contribution in [0.15, 0.2) is 48.7 Å². The molecule has 1 unspecified atom stereocenters. The number of nitrogens with zero attached hydrogens (tertiary/aromatic N) is 3. The van der Waals surface area contributed by atoms with Gasteiger partial charge in [0.25, 0.3) is 11.7 Å². The van der Waals surface area contributed by atoms with Gasteiger partial charge in [-0.25, -0.2) is 9.97 Å². The second-order valence-electron chi connectivity index (χ2n) is 7.92. The lowest BCUT2D eigenvalue weighted by Crippen LogP contribution is -3.11. The number of fused-ring (bicyclic) bond motifs is 1. The molecule has 5 rings (SSSR count). The number of H-pyrrole nitrogens is 1. The lowest BCUT2D eigenvalue weighted by molar-refractivity contribution is -0.910. The molecule has 4 heterocycles. The molecule has 2 atom stereocenters. The fourth-order valence-electron chi connectivity index (χ4n) is 4.54. The Labute approximate surface area is 174 Å². The van der Waals surface area contributed by atoms with E-state index < -0.39 is 0 Å². The van der Waals surface area contributed by atoms with E-state index in [1.807, 2.05) is 29.3 Å². The van der Waals surface area contributed by atoms with Gasteiger partial charge in [0, 0.05) is 18.9 Å². The molecule has 2 fully saturated rings. The number of hydrogen-bond donors (Lipinski definition) is 1. The van der Waals surface area contributed by atoms with Crippen LogP contribution in [0.4, 0.5) is 5.82 Å². The van der Waals surface area contributed by atoms with Gasteiger partial charge in [-0.2, -0.15) is 0 Å². The van der Waals surface area contributed by atoms with Gasteiger partial charge >= 0.3 is 0 Å². The normalized spacial score (nSPS) is 22.3. The van der Waals surface area contributed by atoms with Gasteiger partial charge < -0.3 is 9.80 Å². The second-order valence-corrected chi connectivity index (χ2v) is 8.98. The van der Waals surface area contributed by atoms with Crippen molar-refractivity contribution >= 4 is 33.3 Å². The number of thiazole rings is 1. The molecular formula is C22H27N5OS+2. The van der Waals surface area contributed by atoms with E-state index in [2.05, 4.69) is 34.1 Å². The number of carbonyl (C=O) groups excluding carboxylic acids is 1. The van der Waals surface area contributed by atoms with Gasteiger partial charge in [0.1, 0.15) is 19.1 Å². The molecule has 0 radical (unpaired) electrons. The van der Waals surface area contributed by atoms with E-state index in [1.54, 1.807) is 11.3 Å². The molecule has 6 nitrogen and oxygen atoms in total. The fraction of sp³-hybridized carbons (Fsp3) is 0.409. The fourth-order valence-corrected chi connectivity index (χ4v) is 5.70. The summed E-state index contributed by atoms with van der Waals surface area (Å²) in [5, 5.41) is 1.19. The van der Waals surface area contributed by atoms with Crippen molar-refractivity contribution in [2.24, 2.45) is 0 Å². The number of benzene rings is 1. The average molecular weight is 410 g/mol. The molecule has 7 heteroatoms. The van der Waals surface area contributed by atoms with Gasteiger partial charge in [-0.3, -0.25) is 9.69 Å². The van der Waals surface area contributed by atoms with Crippen LogP contribution in [0.25, 0.3) is 10.2 Å². The quantitative estimate of drug-likeness (QED) is 0.704. The molecule has 3 aromatic rings. The third kappa shape index (κ3) is 3.84. The summed E-state index contributed by atoms with van der Waals surface area (Å²) >= 11 is 1.79. The molecule has 2 aliphatic rings. The molecule has 2 aromatic heterocycles. The van der Waals surface area contributed by atoms with Crippen LogP contribution in [0.3, 0.4) is 0 Å². The first-order valence-corrected chi connectivity index (χ1v) is 11.3. The summed E-state index contributed by atoms with van der Waals surface area (Å²) in [6, 6.07) is 14.8. The summed E-state index contributed by atoms with van der Waals surface area (Å²) in [7, 11) is 0. The number of pyridine rings is 1. The number of anilines is 1. The monoisotopic (exact) mass is 409 g/mol. The molecule has 1 amide bonds. The van der Waals surface area contributed by atoms with Crippen LogP contribution in [0.1, 0.15) is 23.9 Å². The zero-order valence-corrected chi connectivity index (χ0v) is 17.3. The number of rotatable bonds is 4. The van der Waals surface area contributed by atoms with E-state index in [4.69, 9.17) is 4.98 Å². The Hall–Kier alpha value is -2.51.